The van der Waals surface area contributed by atoms with Crippen molar-refractivity contribution in [2.45, 2.75) is 24.3 Å². The van der Waals surface area contributed by atoms with Gasteiger partial charge in [-0.15, -0.1) is 0 Å². The fraction of sp³-hybridized carbons (Fsp3) is 0.538. The highest BCUT2D eigenvalue weighted by Gasteiger charge is 2.25. The maximum Gasteiger partial charge on any atom is 0.240 e. The maximum atomic E-state index is 12.2. The van der Waals surface area contributed by atoms with E-state index in [0.717, 1.165) is 0 Å². The largest absolute Gasteiger partial charge is 0.398 e. The number of sulfonamides is 1. The second kappa shape index (κ2) is 6.50. The van der Waals surface area contributed by atoms with Gasteiger partial charge in [-0.05, 0) is 45.6 Å². The lowest BCUT2D eigenvalue weighted by molar-refractivity contribution is 0.0386. The number of aliphatic hydroxyl groups is 1. The predicted octanol–water partition coefficient (Wildman–Crippen LogP) is 0.822. The van der Waals surface area contributed by atoms with Crippen LogP contribution in [0.25, 0.3) is 0 Å². The molecular weight excluding hydrogens is 314 g/mol. The van der Waals surface area contributed by atoms with Crippen molar-refractivity contribution in [3.63, 3.8) is 0 Å². The Morgan fingerprint density at radius 3 is 2.48 bits per heavy atom. The number of nitrogens with zero attached hydrogens (tertiary/aromatic N) is 1. The Morgan fingerprint density at radius 1 is 1.43 bits per heavy atom. The van der Waals surface area contributed by atoms with Gasteiger partial charge in [0.25, 0.3) is 0 Å². The second-order valence-corrected chi connectivity index (χ2v) is 7.85. The number of rotatable bonds is 6. The van der Waals surface area contributed by atoms with Crippen LogP contribution in [0, 0.1) is 6.92 Å². The fourth-order valence-corrected chi connectivity index (χ4v) is 3.41. The molecule has 0 saturated carbocycles. The van der Waals surface area contributed by atoms with Gasteiger partial charge in [-0.1, -0.05) is 11.6 Å². The molecule has 1 rings (SSSR count). The molecule has 0 amide bonds. The van der Waals surface area contributed by atoms with Crippen molar-refractivity contribution in [3.8, 4) is 0 Å². The van der Waals surface area contributed by atoms with Gasteiger partial charge in [0, 0.05) is 23.8 Å². The minimum absolute atomic E-state index is 0.0174. The van der Waals surface area contributed by atoms with Crippen LogP contribution in [0.5, 0.6) is 0 Å². The number of nitrogens with two attached hydrogens (primary N) is 1. The zero-order valence-electron chi connectivity index (χ0n) is 12.6. The summed E-state index contributed by atoms with van der Waals surface area (Å²) in [5, 5.41) is 10.4. The van der Waals surface area contributed by atoms with E-state index in [4.69, 9.17) is 17.3 Å². The summed E-state index contributed by atoms with van der Waals surface area (Å²) in [7, 11) is -0.194. The number of hydrogen-bond donors (Lipinski definition) is 3. The molecule has 0 spiro atoms. The standard InChI is InChI=1S/C13H22ClN3O3S/c1-9-11(14)5-10(6-12(9)15)21(19,20)16-7-13(2,18)8-17(3)4/h5-6,16,18H,7-8,15H2,1-4H3. The van der Waals surface area contributed by atoms with E-state index in [0.29, 0.717) is 17.8 Å². The van der Waals surface area contributed by atoms with Crippen LogP contribution >= 0.6 is 11.6 Å². The number of halogens is 1. The molecule has 0 aliphatic rings. The third-order valence-electron chi connectivity index (χ3n) is 2.97. The van der Waals surface area contributed by atoms with E-state index in [1.807, 2.05) is 0 Å². The first-order valence-corrected chi connectivity index (χ1v) is 8.23. The summed E-state index contributed by atoms with van der Waals surface area (Å²) in [4.78, 5) is 1.76. The van der Waals surface area contributed by atoms with E-state index in [1.54, 1.807) is 32.8 Å². The normalized spacial score (nSPS) is 15.2. The molecule has 4 N–H and O–H groups in total. The average Bonchev–Trinajstić information content (AvgIpc) is 2.31. The van der Waals surface area contributed by atoms with Gasteiger partial charge >= 0.3 is 0 Å². The quantitative estimate of drug-likeness (QED) is 0.669. The fourth-order valence-electron chi connectivity index (χ4n) is 1.90. The maximum absolute atomic E-state index is 12.2. The third-order valence-corrected chi connectivity index (χ3v) is 4.74. The highest BCUT2D eigenvalue weighted by molar-refractivity contribution is 7.89. The molecule has 1 aromatic carbocycles. The van der Waals surface area contributed by atoms with E-state index < -0.39 is 15.6 Å². The van der Waals surface area contributed by atoms with E-state index in [1.165, 1.54) is 12.1 Å². The van der Waals surface area contributed by atoms with E-state index in [2.05, 4.69) is 4.72 Å². The highest BCUT2D eigenvalue weighted by Crippen LogP contribution is 2.25. The van der Waals surface area contributed by atoms with Crippen LogP contribution in [-0.2, 0) is 10.0 Å². The van der Waals surface area contributed by atoms with Gasteiger partial charge in [-0.25, -0.2) is 13.1 Å². The first-order chi connectivity index (χ1) is 9.44. The molecule has 0 heterocycles. The van der Waals surface area contributed by atoms with Gasteiger partial charge in [-0.2, -0.15) is 0 Å². The zero-order chi connectivity index (χ0) is 16.4. The lowest BCUT2D eigenvalue weighted by Crippen LogP contribution is -2.47. The Bertz CT molecular complexity index is 592. The van der Waals surface area contributed by atoms with Gasteiger partial charge in [0.2, 0.25) is 10.0 Å². The number of nitrogens with one attached hydrogen (secondary N) is 1. The molecule has 1 aromatic rings. The first kappa shape index (κ1) is 18.2. The van der Waals surface area contributed by atoms with Crippen molar-refractivity contribution in [1.29, 1.82) is 0 Å². The van der Waals surface area contributed by atoms with Crippen LogP contribution in [0.4, 0.5) is 5.69 Å². The third kappa shape index (κ3) is 5.12. The lowest BCUT2D eigenvalue weighted by Gasteiger charge is -2.27. The van der Waals surface area contributed by atoms with Gasteiger partial charge in [0.15, 0.2) is 0 Å². The highest BCUT2D eigenvalue weighted by atomic mass is 35.5. The second-order valence-electron chi connectivity index (χ2n) is 5.68. The summed E-state index contributed by atoms with van der Waals surface area (Å²) >= 11 is 5.96. The molecule has 120 valence electrons. The van der Waals surface area contributed by atoms with Gasteiger partial charge in [0.05, 0.1) is 10.5 Å². The molecule has 1 unspecified atom stereocenters. The summed E-state index contributed by atoms with van der Waals surface area (Å²) in [5.41, 5.74) is 5.49. The van der Waals surface area contributed by atoms with Crippen molar-refractivity contribution in [2.24, 2.45) is 0 Å². The van der Waals surface area contributed by atoms with Crippen molar-refractivity contribution in [2.75, 3.05) is 32.9 Å². The molecule has 1 atom stereocenters. The summed E-state index contributed by atoms with van der Waals surface area (Å²) in [5.74, 6) is 0. The molecule has 0 saturated heterocycles. The Balaban J connectivity index is 2.93. The summed E-state index contributed by atoms with van der Waals surface area (Å²) in [6.45, 7) is 3.49. The number of hydrogen-bond acceptors (Lipinski definition) is 5. The Kier molecular flexibility index (Phi) is 5.63. The van der Waals surface area contributed by atoms with Crippen molar-refractivity contribution < 1.29 is 13.5 Å². The number of nitrogen functional groups attached to an aromatic ring is 1. The summed E-state index contributed by atoms with van der Waals surface area (Å²) in [6, 6.07) is 2.69. The van der Waals surface area contributed by atoms with E-state index in [-0.39, 0.29) is 16.5 Å². The Labute approximate surface area is 130 Å². The smallest absolute Gasteiger partial charge is 0.240 e. The van der Waals surface area contributed by atoms with E-state index in [9.17, 15) is 13.5 Å². The molecule has 0 radical (unpaired) electrons. The number of likely N-dealkylation sites (N-methyl/N-ethyl adjacent to an activating group) is 1. The Morgan fingerprint density at radius 2 is 2.00 bits per heavy atom. The monoisotopic (exact) mass is 335 g/mol. The number of benzene rings is 1. The average molecular weight is 336 g/mol. The topological polar surface area (TPSA) is 95.7 Å². The molecule has 0 aromatic heterocycles. The van der Waals surface area contributed by atoms with Crippen LogP contribution in [0.3, 0.4) is 0 Å². The molecular formula is C13H22ClN3O3S. The van der Waals surface area contributed by atoms with Crippen LogP contribution in [0.1, 0.15) is 12.5 Å². The van der Waals surface area contributed by atoms with Crippen molar-refractivity contribution >= 4 is 27.3 Å². The molecule has 0 fully saturated rings. The molecule has 0 aliphatic heterocycles. The zero-order valence-corrected chi connectivity index (χ0v) is 14.2. The van der Waals surface area contributed by atoms with Gasteiger partial charge in [0.1, 0.15) is 0 Å². The number of anilines is 1. The molecule has 8 heteroatoms. The summed E-state index contributed by atoms with van der Waals surface area (Å²) in [6.07, 6.45) is 0. The van der Waals surface area contributed by atoms with Crippen molar-refractivity contribution in [3.05, 3.63) is 22.7 Å². The van der Waals surface area contributed by atoms with Gasteiger partial charge < -0.3 is 15.7 Å². The predicted molar refractivity (Wildman–Crippen MR) is 85.0 cm³/mol. The summed E-state index contributed by atoms with van der Waals surface area (Å²) < 4.78 is 26.8. The lowest BCUT2D eigenvalue weighted by atomic mass is 10.1. The minimum atomic E-state index is -3.78. The van der Waals surface area contributed by atoms with Crippen molar-refractivity contribution in [1.82, 2.24) is 9.62 Å². The van der Waals surface area contributed by atoms with E-state index >= 15 is 0 Å². The van der Waals surface area contributed by atoms with Gasteiger partial charge in [-0.3, -0.25) is 0 Å². The van der Waals surface area contributed by atoms with Crippen LogP contribution in [0.2, 0.25) is 5.02 Å². The SMILES string of the molecule is Cc1c(N)cc(S(=O)(=O)NCC(C)(O)CN(C)C)cc1Cl. The van der Waals surface area contributed by atoms with Crippen LogP contribution < -0.4 is 10.5 Å². The van der Waals surface area contributed by atoms with Crippen LogP contribution in [-0.4, -0.2) is 51.2 Å². The Hall–Kier alpha value is -0.860. The molecule has 0 bridgehead atoms. The first-order valence-electron chi connectivity index (χ1n) is 6.37. The molecule has 21 heavy (non-hydrogen) atoms. The minimum Gasteiger partial charge on any atom is -0.398 e. The molecule has 6 nitrogen and oxygen atoms in total. The van der Waals surface area contributed by atoms with Crippen LogP contribution in [0.15, 0.2) is 17.0 Å². The molecule has 0 aliphatic carbocycles.